The summed E-state index contributed by atoms with van der Waals surface area (Å²) >= 11 is 5.99. The summed E-state index contributed by atoms with van der Waals surface area (Å²) in [6.45, 7) is 1.96. The Morgan fingerprint density at radius 1 is 1.09 bits per heavy atom. The number of carbonyl (C=O) groups excluding carboxylic acids is 1. The van der Waals surface area contributed by atoms with E-state index in [0.29, 0.717) is 11.4 Å². The van der Waals surface area contributed by atoms with Crippen LogP contribution in [-0.2, 0) is 24.1 Å². The van der Waals surface area contributed by atoms with E-state index in [4.69, 9.17) is 11.6 Å². The molecule has 2 nitrogen and oxygen atoms in total. The van der Waals surface area contributed by atoms with Crippen LogP contribution in [0.5, 0.6) is 0 Å². The predicted molar refractivity (Wildman–Crippen MR) is 91.6 cm³/mol. The Morgan fingerprint density at radius 3 is 2.68 bits per heavy atom. The fourth-order valence-electron chi connectivity index (χ4n) is 3.01. The van der Waals surface area contributed by atoms with E-state index in [1.54, 1.807) is 6.07 Å². The Kier molecular flexibility index (Phi) is 4.49. The number of halogens is 1. The normalized spacial score (nSPS) is 13.5. The molecule has 2 aromatic carbocycles. The minimum absolute atomic E-state index is 0.00104. The lowest BCUT2D eigenvalue weighted by Crippen LogP contribution is -2.15. The molecule has 0 spiro atoms. The number of carbonyl (C=O) groups is 1. The van der Waals surface area contributed by atoms with Crippen molar-refractivity contribution >= 4 is 23.2 Å². The molecule has 2 aromatic rings. The zero-order valence-corrected chi connectivity index (χ0v) is 13.5. The molecule has 0 fully saturated rings. The van der Waals surface area contributed by atoms with E-state index in [-0.39, 0.29) is 5.91 Å². The van der Waals surface area contributed by atoms with Gasteiger partial charge in [-0.25, -0.2) is 0 Å². The second kappa shape index (κ2) is 6.53. The van der Waals surface area contributed by atoms with Gasteiger partial charge in [0, 0.05) is 10.7 Å². The van der Waals surface area contributed by atoms with Crippen molar-refractivity contribution in [2.45, 2.75) is 39.0 Å². The maximum absolute atomic E-state index is 12.3. The lowest BCUT2D eigenvalue weighted by molar-refractivity contribution is -0.115. The average molecular weight is 314 g/mol. The van der Waals surface area contributed by atoms with Gasteiger partial charge in [-0.2, -0.15) is 0 Å². The SMILES string of the molecule is Cc1ccc(Cl)cc1NC(=O)Cc1ccc2c(c1)CCCC2. The number of benzene rings is 2. The molecule has 0 atom stereocenters. The fourth-order valence-corrected chi connectivity index (χ4v) is 3.18. The van der Waals surface area contributed by atoms with Gasteiger partial charge in [-0.15, -0.1) is 0 Å². The zero-order chi connectivity index (χ0) is 15.5. The molecule has 3 rings (SSSR count). The van der Waals surface area contributed by atoms with Crippen LogP contribution < -0.4 is 5.32 Å². The second-order valence-electron chi connectivity index (χ2n) is 5.99. The summed E-state index contributed by atoms with van der Waals surface area (Å²) in [5.74, 6) is 0.00104. The number of hydrogen-bond donors (Lipinski definition) is 1. The molecule has 22 heavy (non-hydrogen) atoms. The Hall–Kier alpha value is -1.80. The summed E-state index contributed by atoms with van der Waals surface area (Å²) in [7, 11) is 0. The lowest BCUT2D eigenvalue weighted by Gasteiger charge is -2.16. The molecule has 0 saturated carbocycles. The van der Waals surface area contributed by atoms with E-state index in [1.807, 2.05) is 19.1 Å². The molecule has 0 aromatic heterocycles. The molecular formula is C19H20ClNO. The van der Waals surface area contributed by atoms with Crippen molar-refractivity contribution in [1.29, 1.82) is 0 Å². The molecule has 0 heterocycles. The number of nitrogens with one attached hydrogen (secondary N) is 1. The smallest absolute Gasteiger partial charge is 0.228 e. The Bertz CT molecular complexity index is 709. The average Bonchev–Trinajstić information content (AvgIpc) is 2.51. The molecule has 0 unspecified atom stereocenters. The van der Waals surface area contributed by atoms with Gasteiger partial charge in [0.2, 0.25) is 5.91 Å². The quantitative estimate of drug-likeness (QED) is 0.873. The molecule has 0 radical (unpaired) electrons. The van der Waals surface area contributed by atoms with Gasteiger partial charge in [-0.1, -0.05) is 35.9 Å². The topological polar surface area (TPSA) is 29.1 Å². The largest absolute Gasteiger partial charge is 0.326 e. The van der Waals surface area contributed by atoms with Crippen LogP contribution in [0.15, 0.2) is 36.4 Å². The van der Waals surface area contributed by atoms with Crippen LogP contribution in [0.4, 0.5) is 5.69 Å². The first-order valence-corrected chi connectivity index (χ1v) is 8.16. The van der Waals surface area contributed by atoms with Crippen molar-refractivity contribution in [1.82, 2.24) is 0 Å². The first-order valence-electron chi connectivity index (χ1n) is 7.78. The monoisotopic (exact) mass is 313 g/mol. The van der Waals surface area contributed by atoms with E-state index < -0.39 is 0 Å². The Morgan fingerprint density at radius 2 is 1.86 bits per heavy atom. The van der Waals surface area contributed by atoms with Crippen molar-refractivity contribution in [2.24, 2.45) is 0 Å². The van der Waals surface area contributed by atoms with Crippen LogP contribution in [0.1, 0.15) is 35.1 Å². The highest BCUT2D eigenvalue weighted by molar-refractivity contribution is 6.31. The first-order chi connectivity index (χ1) is 10.6. The summed E-state index contributed by atoms with van der Waals surface area (Å²) in [5, 5.41) is 3.59. The van der Waals surface area contributed by atoms with Crippen LogP contribution in [-0.4, -0.2) is 5.91 Å². The number of amides is 1. The highest BCUT2D eigenvalue weighted by Crippen LogP contribution is 2.23. The van der Waals surface area contributed by atoms with Crippen LogP contribution >= 0.6 is 11.6 Å². The summed E-state index contributed by atoms with van der Waals surface area (Å²) in [4.78, 5) is 12.3. The molecule has 1 aliphatic rings. The van der Waals surface area contributed by atoms with Gasteiger partial charge in [-0.05, 0) is 67.0 Å². The number of rotatable bonds is 3. The molecule has 3 heteroatoms. The summed E-state index contributed by atoms with van der Waals surface area (Å²) in [6, 6.07) is 12.0. The zero-order valence-electron chi connectivity index (χ0n) is 12.8. The highest BCUT2D eigenvalue weighted by atomic mass is 35.5. The maximum atomic E-state index is 12.3. The van der Waals surface area contributed by atoms with E-state index in [9.17, 15) is 4.79 Å². The van der Waals surface area contributed by atoms with Crippen molar-refractivity contribution in [3.05, 3.63) is 63.7 Å². The Balaban J connectivity index is 1.70. The summed E-state index contributed by atoms with van der Waals surface area (Å²) in [6.07, 6.45) is 5.24. The van der Waals surface area contributed by atoms with Crippen molar-refractivity contribution in [2.75, 3.05) is 5.32 Å². The summed E-state index contributed by atoms with van der Waals surface area (Å²) < 4.78 is 0. The van der Waals surface area contributed by atoms with Crippen LogP contribution in [0.3, 0.4) is 0 Å². The third-order valence-electron chi connectivity index (χ3n) is 4.25. The Labute approximate surface area is 136 Å². The van der Waals surface area contributed by atoms with E-state index in [2.05, 4.69) is 23.5 Å². The molecule has 1 aliphatic carbocycles. The lowest BCUT2D eigenvalue weighted by atomic mass is 9.90. The number of anilines is 1. The molecule has 114 valence electrons. The molecule has 0 bridgehead atoms. The van der Waals surface area contributed by atoms with E-state index in [0.717, 1.165) is 23.2 Å². The third kappa shape index (κ3) is 3.50. The van der Waals surface area contributed by atoms with Gasteiger partial charge in [0.15, 0.2) is 0 Å². The second-order valence-corrected chi connectivity index (χ2v) is 6.43. The van der Waals surface area contributed by atoms with Gasteiger partial charge in [-0.3, -0.25) is 4.79 Å². The fraction of sp³-hybridized carbons (Fsp3) is 0.316. The van der Waals surface area contributed by atoms with Gasteiger partial charge in [0.1, 0.15) is 0 Å². The van der Waals surface area contributed by atoms with Gasteiger partial charge in [0.25, 0.3) is 0 Å². The van der Waals surface area contributed by atoms with Crippen molar-refractivity contribution < 1.29 is 4.79 Å². The van der Waals surface area contributed by atoms with Gasteiger partial charge < -0.3 is 5.32 Å². The predicted octanol–water partition coefficient (Wildman–Crippen LogP) is 4.71. The molecule has 0 saturated heterocycles. The van der Waals surface area contributed by atoms with Crippen molar-refractivity contribution in [3.8, 4) is 0 Å². The molecule has 1 N–H and O–H groups in total. The molecule has 1 amide bonds. The standard InChI is InChI=1S/C19H20ClNO/c1-13-6-9-17(20)12-18(13)21-19(22)11-14-7-8-15-4-2-3-5-16(15)10-14/h6-10,12H,2-5,11H2,1H3,(H,21,22). The maximum Gasteiger partial charge on any atom is 0.228 e. The van der Waals surface area contributed by atoms with E-state index >= 15 is 0 Å². The van der Waals surface area contributed by atoms with Crippen LogP contribution in [0.2, 0.25) is 5.02 Å². The number of aryl methyl sites for hydroxylation is 3. The highest BCUT2D eigenvalue weighted by Gasteiger charge is 2.12. The molecular weight excluding hydrogens is 294 g/mol. The number of hydrogen-bond acceptors (Lipinski definition) is 1. The van der Waals surface area contributed by atoms with Gasteiger partial charge in [0.05, 0.1) is 6.42 Å². The minimum atomic E-state index is 0.00104. The summed E-state index contributed by atoms with van der Waals surface area (Å²) in [5.41, 5.74) is 5.74. The van der Waals surface area contributed by atoms with Crippen LogP contribution in [0, 0.1) is 6.92 Å². The number of fused-ring (bicyclic) bond motifs is 1. The van der Waals surface area contributed by atoms with Gasteiger partial charge >= 0.3 is 0 Å². The van der Waals surface area contributed by atoms with Crippen molar-refractivity contribution in [3.63, 3.8) is 0 Å². The first kappa shape index (κ1) is 15.1. The van der Waals surface area contributed by atoms with Crippen LogP contribution in [0.25, 0.3) is 0 Å². The minimum Gasteiger partial charge on any atom is -0.326 e. The van der Waals surface area contributed by atoms with E-state index in [1.165, 1.54) is 30.4 Å². The third-order valence-corrected chi connectivity index (χ3v) is 4.49. The molecule has 0 aliphatic heterocycles.